The van der Waals surface area contributed by atoms with Gasteiger partial charge in [-0.15, -0.1) is 0 Å². The Labute approximate surface area is 93.1 Å². The van der Waals surface area contributed by atoms with Crippen molar-refractivity contribution in [3.63, 3.8) is 0 Å². The third-order valence-electron chi connectivity index (χ3n) is 2.29. The Balaban J connectivity index is 2.78. The predicted molar refractivity (Wildman–Crippen MR) is 63.3 cm³/mol. The first kappa shape index (κ1) is 12.2. The number of nitrogens with two attached hydrogens (primary N) is 1. The Morgan fingerprint density at radius 2 is 2.20 bits per heavy atom. The molecule has 0 heterocycles. The molecule has 0 aliphatic heterocycles. The first-order valence-corrected chi connectivity index (χ1v) is 6.13. The number of nitrogen functional groups attached to an aromatic ring is 1. The van der Waals surface area contributed by atoms with E-state index in [4.69, 9.17) is 10.5 Å². The molecular weight excluding hydrogens is 210 g/mol. The van der Waals surface area contributed by atoms with E-state index in [1.165, 1.54) is 0 Å². The van der Waals surface area contributed by atoms with Gasteiger partial charge in [0.15, 0.2) is 0 Å². The molecule has 0 spiro atoms. The van der Waals surface area contributed by atoms with Gasteiger partial charge in [0.25, 0.3) is 0 Å². The molecular formula is C11H17NO2S. The van der Waals surface area contributed by atoms with Crippen molar-refractivity contribution in [3.05, 3.63) is 23.8 Å². The summed E-state index contributed by atoms with van der Waals surface area (Å²) in [5.41, 5.74) is 7.39. The number of aryl methyl sites for hydroxylation is 1. The second kappa shape index (κ2) is 5.28. The van der Waals surface area contributed by atoms with E-state index in [-0.39, 0.29) is 6.10 Å². The molecule has 0 bridgehead atoms. The van der Waals surface area contributed by atoms with Gasteiger partial charge in [-0.2, -0.15) is 0 Å². The fourth-order valence-corrected chi connectivity index (χ4v) is 2.45. The van der Waals surface area contributed by atoms with Gasteiger partial charge in [-0.05, 0) is 37.6 Å². The molecule has 0 saturated carbocycles. The van der Waals surface area contributed by atoms with E-state index < -0.39 is 10.8 Å². The number of rotatable bonds is 4. The van der Waals surface area contributed by atoms with Gasteiger partial charge in [0.05, 0.1) is 22.7 Å². The van der Waals surface area contributed by atoms with E-state index in [0.29, 0.717) is 5.75 Å². The normalized spacial score (nSPS) is 14.9. The SMILES string of the molecule is COC(C)CS(=O)c1ccc(N)c(C)c1. The highest BCUT2D eigenvalue weighted by atomic mass is 32.2. The maximum absolute atomic E-state index is 11.9. The molecule has 1 rings (SSSR count). The topological polar surface area (TPSA) is 52.3 Å². The lowest BCUT2D eigenvalue weighted by Crippen LogP contribution is -2.15. The third-order valence-corrected chi connectivity index (χ3v) is 3.84. The fourth-order valence-electron chi connectivity index (χ4n) is 1.17. The molecule has 4 heteroatoms. The van der Waals surface area contributed by atoms with Crippen LogP contribution in [-0.2, 0) is 15.5 Å². The van der Waals surface area contributed by atoms with Gasteiger partial charge in [-0.3, -0.25) is 4.21 Å². The van der Waals surface area contributed by atoms with E-state index in [0.717, 1.165) is 16.1 Å². The molecule has 1 aromatic rings. The van der Waals surface area contributed by atoms with Gasteiger partial charge in [0.2, 0.25) is 0 Å². The summed E-state index contributed by atoms with van der Waals surface area (Å²) < 4.78 is 16.9. The summed E-state index contributed by atoms with van der Waals surface area (Å²) in [6, 6.07) is 5.47. The monoisotopic (exact) mass is 227 g/mol. The highest BCUT2D eigenvalue weighted by Crippen LogP contribution is 2.16. The van der Waals surface area contributed by atoms with Crippen LogP contribution < -0.4 is 5.73 Å². The lowest BCUT2D eigenvalue weighted by atomic mass is 10.2. The number of hydrogen-bond acceptors (Lipinski definition) is 3. The number of methoxy groups -OCH3 is 1. The van der Waals surface area contributed by atoms with Crippen LogP contribution >= 0.6 is 0 Å². The van der Waals surface area contributed by atoms with Gasteiger partial charge in [0, 0.05) is 17.7 Å². The van der Waals surface area contributed by atoms with Gasteiger partial charge in [-0.25, -0.2) is 0 Å². The van der Waals surface area contributed by atoms with Crippen LogP contribution in [0.15, 0.2) is 23.1 Å². The average molecular weight is 227 g/mol. The number of anilines is 1. The van der Waals surface area contributed by atoms with Crippen molar-refractivity contribution in [1.82, 2.24) is 0 Å². The molecule has 84 valence electrons. The zero-order chi connectivity index (χ0) is 11.4. The molecule has 3 nitrogen and oxygen atoms in total. The molecule has 2 unspecified atom stereocenters. The summed E-state index contributed by atoms with van der Waals surface area (Å²) in [7, 11) is 0.609. The molecule has 15 heavy (non-hydrogen) atoms. The summed E-state index contributed by atoms with van der Waals surface area (Å²) >= 11 is 0. The van der Waals surface area contributed by atoms with Crippen molar-refractivity contribution in [2.75, 3.05) is 18.6 Å². The van der Waals surface area contributed by atoms with Crippen molar-refractivity contribution >= 4 is 16.5 Å². The van der Waals surface area contributed by atoms with E-state index in [1.807, 2.05) is 19.9 Å². The van der Waals surface area contributed by atoms with E-state index in [2.05, 4.69) is 0 Å². The standard InChI is InChI=1S/C11H17NO2S/c1-8-6-10(4-5-11(8)12)15(13)7-9(2)14-3/h4-6,9H,7,12H2,1-3H3. The zero-order valence-corrected chi connectivity index (χ0v) is 10.1. The molecule has 0 fully saturated rings. The van der Waals surface area contributed by atoms with Crippen molar-refractivity contribution < 1.29 is 8.95 Å². The van der Waals surface area contributed by atoms with Crippen LogP contribution in [0.1, 0.15) is 12.5 Å². The van der Waals surface area contributed by atoms with Crippen LogP contribution in [0.25, 0.3) is 0 Å². The average Bonchev–Trinajstić information content (AvgIpc) is 2.21. The number of ether oxygens (including phenoxy) is 1. The first-order valence-electron chi connectivity index (χ1n) is 4.82. The maximum atomic E-state index is 11.9. The van der Waals surface area contributed by atoms with Crippen molar-refractivity contribution in [1.29, 1.82) is 0 Å². The van der Waals surface area contributed by atoms with Crippen LogP contribution in [0, 0.1) is 6.92 Å². The van der Waals surface area contributed by atoms with E-state index >= 15 is 0 Å². The molecule has 2 atom stereocenters. The first-order chi connectivity index (χ1) is 7.04. The van der Waals surface area contributed by atoms with Crippen molar-refractivity contribution in [2.24, 2.45) is 0 Å². The largest absolute Gasteiger partial charge is 0.399 e. The van der Waals surface area contributed by atoms with Crippen LogP contribution in [0.5, 0.6) is 0 Å². The molecule has 1 aromatic carbocycles. The van der Waals surface area contributed by atoms with Crippen LogP contribution in [0.3, 0.4) is 0 Å². The summed E-state index contributed by atoms with van der Waals surface area (Å²) in [6.45, 7) is 3.82. The van der Waals surface area contributed by atoms with Crippen LogP contribution in [-0.4, -0.2) is 23.2 Å². The Morgan fingerprint density at radius 1 is 1.53 bits per heavy atom. The number of benzene rings is 1. The predicted octanol–water partition coefficient (Wildman–Crippen LogP) is 1.72. The fraction of sp³-hybridized carbons (Fsp3) is 0.455. The van der Waals surface area contributed by atoms with E-state index in [1.54, 1.807) is 19.2 Å². The lowest BCUT2D eigenvalue weighted by molar-refractivity contribution is 0.137. The highest BCUT2D eigenvalue weighted by Gasteiger charge is 2.09. The quantitative estimate of drug-likeness (QED) is 0.797. The minimum Gasteiger partial charge on any atom is -0.399 e. The minimum atomic E-state index is -1.01. The van der Waals surface area contributed by atoms with Gasteiger partial charge < -0.3 is 10.5 Å². The van der Waals surface area contributed by atoms with Crippen LogP contribution in [0.2, 0.25) is 0 Å². The number of hydrogen-bond donors (Lipinski definition) is 1. The molecule has 2 N–H and O–H groups in total. The molecule has 0 aromatic heterocycles. The van der Waals surface area contributed by atoms with Gasteiger partial charge in [0.1, 0.15) is 0 Å². The Morgan fingerprint density at radius 3 is 2.73 bits per heavy atom. The summed E-state index contributed by atoms with van der Waals surface area (Å²) in [4.78, 5) is 0.811. The Kier molecular flexibility index (Phi) is 4.29. The van der Waals surface area contributed by atoms with Crippen LogP contribution in [0.4, 0.5) is 5.69 Å². The summed E-state index contributed by atoms with van der Waals surface area (Å²) in [6.07, 6.45) is 0.00342. The molecule has 0 aliphatic rings. The molecule has 0 amide bonds. The minimum absolute atomic E-state index is 0.00342. The second-order valence-electron chi connectivity index (χ2n) is 3.58. The molecule has 0 radical (unpaired) electrons. The molecule has 0 saturated heterocycles. The van der Waals surface area contributed by atoms with E-state index in [9.17, 15) is 4.21 Å². The maximum Gasteiger partial charge on any atom is 0.0662 e. The molecule has 0 aliphatic carbocycles. The van der Waals surface area contributed by atoms with Crippen molar-refractivity contribution in [3.8, 4) is 0 Å². The van der Waals surface area contributed by atoms with Gasteiger partial charge >= 0.3 is 0 Å². The smallest absolute Gasteiger partial charge is 0.0662 e. The zero-order valence-electron chi connectivity index (χ0n) is 9.32. The highest BCUT2D eigenvalue weighted by molar-refractivity contribution is 7.85. The Hall–Kier alpha value is -0.870. The van der Waals surface area contributed by atoms with Gasteiger partial charge in [-0.1, -0.05) is 0 Å². The second-order valence-corrected chi connectivity index (χ2v) is 5.07. The Bertz CT molecular complexity index is 366. The third kappa shape index (κ3) is 3.32. The van der Waals surface area contributed by atoms with Crippen molar-refractivity contribution in [2.45, 2.75) is 24.8 Å². The summed E-state index contributed by atoms with van der Waals surface area (Å²) in [5.74, 6) is 0.514. The summed E-state index contributed by atoms with van der Waals surface area (Å²) in [5, 5.41) is 0. The lowest BCUT2D eigenvalue weighted by Gasteiger charge is -2.09.